The highest BCUT2D eigenvalue weighted by Crippen LogP contribution is 2.30. The number of rotatable bonds is 5. The maximum absolute atomic E-state index is 12.5. The van der Waals surface area contributed by atoms with Crippen LogP contribution in [0.25, 0.3) is 0 Å². The number of nitrogens with zero attached hydrogens (tertiary/aromatic N) is 3. The summed E-state index contributed by atoms with van der Waals surface area (Å²) in [7, 11) is 0. The number of alkyl halides is 3. The number of hydrogen-bond donors (Lipinski definition) is 1. The average molecular weight is 380 g/mol. The van der Waals surface area contributed by atoms with Gasteiger partial charge in [0.05, 0.1) is 0 Å². The van der Waals surface area contributed by atoms with Crippen LogP contribution in [-0.2, 0) is 13.0 Å². The molecule has 0 amide bonds. The molecule has 5 nitrogen and oxygen atoms in total. The Morgan fingerprint density at radius 1 is 1.22 bits per heavy atom. The molecule has 0 unspecified atom stereocenters. The molecule has 1 aromatic carbocycles. The molecule has 2 aromatic rings. The first-order chi connectivity index (χ1) is 12.7. The minimum atomic E-state index is -4.69. The second-order valence-corrected chi connectivity index (χ2v) is 6.79. The van der Waals surface area contributed by atoms with Gasteiger partial charge in [-0.15, -0.1) is 13.2 Å². The molecule has 27 heavy (non-hydrogen) atoms. The molecule has 8 heteroatoms. The molecule has 0 radical (unpaired) electrons. The van der Waals surface area contributed by atoms with Crippen molar-refractivity contribution in [1.82, 2.24) is 9.97 Å². The summed E-state index contributed by atoms with van der Waals surface area (Å²) in [6.45, 7) is 7.26. The van der Waals surface area contributed by atoms with Crippen molar-refractivity contribution < 1.29 is 17.9 Å². The fourth-order valence-corrected chi connectivity index (χ4v) is 3.03. The van der Waals surface area contributed by atoms with E-state index < -0.39 is 6.36 Å². The fourth-order valence-electron chi connectivity index (χ4n) is 3.03. The Morgan fingerprint density at radius 3 is 2.70 bits per heavy atom. The van der Waals surface area contributed by atoms with Crippen LogP contribution in [0.15, 0.2) is 24.3 Å². The van der Waals surface area contributed by atoms with Gasteiger partial charge in [-0.3, -0.25) is 0 Å². The topological polar surface area (TPSA) is 50.3 Å². The lowest BCUT2D eigenvalue weighted by atomic mass is 9.99. The predicted octanol–water partition coefficient (Wildman–Crippen LogP) is 4.46. The minimum Gasteiger partial charge on any atom is -0.406 e. The molecule has 146 valence electrons. The zero-order valence-electron chi connectivity index (χ0n) is 15.6. The number of hydrogen-bond acceptors (Lipinski definition) is 5. The number of aryl methyl sites for hydroxylation is 1. The highest BCUT2D eigenvalue weighted by atomic mass is 19.4. The third-order valence-corrected chi connectivity index (χ3v) is 4.58. The summed E-state index contributed by atoms with van der Waals surface area (Å²) in [5.41, 5.74) is 2.69. The van der Waals surface area contributed by atoms with Gasteiger partial charge in [0.1, 0.15) is 11.6 Å². The Morgan fingerprint density at radius 2 is 2.00 bits per heavy atom. The van der Waals surface area contributed by atoms with Gasteiger partial charge in [-0.2, -0.15) is 4.98 Å². The van der Waals surface area contributed by atoms with Crippen LogP contribution in [0.4, 0.5) is 24.9 Å². The molecule has 0 bridgehead atoms. The smallest absolute Gasteiger partial charge is 0.406 e. The quantitative estimate of drug-likeness (QED) is 0.830. The van der Waals surface area contributed by atoms with Crippen LogP contribution in [0, 0.1) is 6.92 Å². The molecule has 0 saturated heterocycles. The molecule has 1 aliphatic heterocycles. The summed E-state index contributed by atoms with van der Waals surface area (Å²) < 4.78 is 41.5. The first-order valence-corrected chi connectivity index (χ1v) is 8.98. The summed E-state index contributed by atoms with van der Waals surface area (Å²) in [6.07, 6.45) is -3.01. The first kappa shape index (κ1) is 19.3. The summed E-state index contributed by atoms with van der Waals surface area (Å²) in [5, 5.41) is 3.27. The van der Waals surface area contributed by atoms with Crippen molar-refractivity contribution in [1.29, 1.82) is 0 Å². The maximum atomic E-state index is 12.5. The van der Waals surface area contributed by atoms with E-state index in [9.17, 15) is 13.2 Å². The standard InChI is InChI=1S/C19H23F3N4O/c1-4-12(2)23-18-24-13(3)9-17(25-18)26-8-7-14-5-6-16(10-15(14)11-26)27-19(20,21)22/h5-6,9-10,12H,4,7-8,11H2,1-3H3,(H,23,24,25)/t12-/m0/s1. The van der Waals surface area contributed by atoms with Crippen LogP contribution in [0.1, 0.15) is 37.1 Å². The third kappa shape index (κ3) is 5.02. The monoisotopic (exact) mass is 380 g/mol. The van der Waals surface area contributed by atoms with Crippen molar-refractivity contribution in [2.45, 2.75) is 52.6 Å². The van der Waals surface area contributed by atoms with Crippen LogP contribution >= 0.6 is 0 Å². The van der Waals surface area contributed by atoms with Gasteiger partial charge in [-0.05, 0) is 49.9 Å². The Hall–Kier alpha value is -2.51. The Bertz CT molecular complexity index is 810. The van der Waals surface area contributed by atoms with E-state index in [1.807, 2.05) is 13.0 Å². The van der Waals surface area contributed by atoms with Crippen LogP contribution in [-0.4, -0.2) is 28.9 Å². The van der Waals surface area contributed by atoms with Gasteiger partial charge in [-0.25, -0.2) is 4.98 Å². The van der Waals surface area contributed by atoms with Crippen molar-refractivity contribution in [2.24, 2.45) is 0 Å². The average Bonchev–Trinajstić information content (AvgIpc) is 2.59. The van der Waals surface area contributed by atoms with Gasteiger partial charge in [-0.1, -0.05) is 13.0 Å². The van der Waals surface area contributed by atoms with E-state index in [0.717, 1.165) is 42.0 Å². The van der Waals surface area contributed by atoms with E-state index >= 15 is 0 Å². The summed E-state index contributed by atoms with van der Waals surface area (Å²) in [5.74, 6) is 1.14. The molecule has 3 rings (SSSR count). The number of anilines is 2. The molecule has 0 fully saturated rings. The Labute approximate surface area is 156 Å². The van der Waals surface area contributed by atoms with E-state index in [2.05, 4.69) is 38.8 Å². The van der Waals surface area contributed by atoms with Crippen LogP contribution < -0.4 is 15.0 Å². The highest BCUT2D eigenvalue weighted by Gasteiger charge is 2.31. The van der Waals surface area contributed by atoms with Crippen LogP contribution in [0.2, 0.25) is 0 Å². The summed E-state index contributed by atoms with van der Waals surface area (Å²) in [4.78, 5) is 11.1. The van der Waals surface area contributed by atoms with Crippen molar-refractivity contribution >= 4 is 11.8 Å². The molecule has 2 heterocycles. The van der Waals surface area contributed by atoms with E-state index in [1.165, 1.54) is 12.1 Å². The van der Waals surface area contributed by atoms with Crippen LogP contribution in [0.3, 0.4) is 0 Å². The molecule has 0 saturated carbocycles. The largest absolute Gasteiger partial charge is 0.573 e. The lowest BCUT2D eigenvalue weighted by molar-refractivity contribution is -0.274. The molecule has 0 spiro atoms. The summed E-state index contributed by atoms with van der Waals surface area (Å²) in [6, 6.07) is 6.67. The number of fused-ring (bicyclic) bond motifs is 1. The van der Waals surface area contributed by atoms with Crippen molar-refractivity contribution in [2.75, 3.05) is 16.8 Å². The van der Waals surface area contributed by atoms with Crippen molar-refractivity contribution in [3.8, 4) is 5.75 Å². The third-order valence-electron chi connectivity index (χ3n) is 4.58. The molecular weight excluding hydrogens is 357 g/mol. The SMILES string of the molecule is CC[C@H](C)Nc1nc(C)cc(N2CCc3ccc(OC(F)(F)F)cc3C2)n1. The number of halogens is 3. The van der Waals surface area contributed by atoms with Gasteiger partial charge in [0.2, 0.25) is 5.95 Å². The van der Waals surface area contributed by atoms with Crippen LogP contribution in [0.5, 0.6) is 5.75 Å². The molecule has 0 aliphatic carbocycles. The number of ether oxygens (including phenoxy) is 1. The van der Waals surface area contributed by atoms with Crippen molar-refractivity contribution in [3.05, 3.63) is 41.1 Å². The summed E-state index contributed by atoms with van der Waals surface area (Å²) >= 11 is 0. The van der Waals surface area contributed by atoms with Crippen molar-refractivity contribution in [3.63, 3.8) is 0 Å². The number of nitrogens with one attached hydrogen (secondary N) is 1. The fraction of sp³-hybridized carbons (Fsp3) is 0.474. The van der Waals surface area contributed by atoms with Gasteiger partial charge in [0.25, 0.3) is 0 Å². The molecule has 1 aromatic heterocycles. The second kappa shape index (κ2) is 7.62. The zero-order chi connectivity index (χ0) is 19.6. The number of benzene rings is 1. The van der Waals surface area contributed by atoms with Gasteiger partial charge in [0.15, 0.2) is 0 Å². The van der Waals surface area contributed by atoms with E-state index in [0.29, 0.717) is 12.5 Å². The van der Waals surface area contributed by atoms with Gasteiger partial charge >= 0.3 is 6.36 Å². The zero-order valence-corrected chi connectivity index (χ0v) is 15.6. The first-order valence-electron chi connectivity index (χ1n) is 8.98. The van der Waals surface area contributed by atoms with Gasteiger partial charge < -0.3 is 15.0 Å². The minimum absolute atomic E-state index is 0.193. The number of aromatic nitrogens is 2. The van der Waals surface area contributed by atoms with Gasteiger partial charge in [0, 0.05) is 30.9 Å². The molecule has 1 atom stereocenters. The maximum Gasteiger partial charge on any atom is 0.573 e. The van der Waals surface area contributed by atoms with E-state index in [-0.39, 0.29) is 11.8 Å². The second-order valence-electron chi connectivity index (χ2n) is 6.79. The molecular formula is C19H23F3N4O. The normalized spacial score (nSPS) is 15.3. The highest BCUT2D eigenvalue weighted by molar-refractivity contribution is 5.49. The Kier molecular flexibility index (Phi) is 5.43. The predicted molar refractivity (Wildman–Crippen MR) is 98.0 cm³/mol. The lowest BCUT2D eigenvalue weighted by Gasteiger charge is -2.30. The lowest BCUT2D eigenvalue weighted by Crippen LogP contribution is -2.31. The van der Waals surface area contributed by atoms with E-state index in [4.69, 9.17) is 0 Å². The molecule has 1 aliphatic rings. The van der Waals surface area contributed by atoms with E-state index in [1.54, 1.807) is 6.07 Å². The Balaban J connectivity index is 1.81. The molecule has 1 N–H and O–H groups in total.